The Labute approximate surface area is 180 Å². The minimum Gasteiger partial charge on any atom is -0.384 e. The maximum Gasteiger partial charge on any atom is 0.245 e. The summed E-state index contributed by atoms with van der Waals surface area (Å²) in [6, 6.07) is 15.5. The van der Waals surface area contributed by atoms with Gasteiger partial charge in [-0.1, -0.05) is 35.9 Å². The number of nitrogens with zero attached hydrogens (tertiary/aromatic N) is 2. The zero-order chi connectivity index (χ0) is 21.9. The van der Waals surface area contributed by atoms with E-state index in [4.69, 9.17) is 5.73 Å². The third kappa shape index (κ3) is 2.37. The lowest BCUT2D eigenvalue weighted by Crippen LogP contribution is -2.50. The zero-order valence-electron chi connectivity index (χ0n) is 17.5. The second-order valence-corrected chi connectivity index (χ2v) is 8.35. The van der Waals surface area contributed by atoms with Crippen molar-refractivity contribution in [1.82, 2.24) is 0 Å². The summed E-state index contributed by atoms with van der Waals surface area (Å²) in [5.74, 6) is -0.292. The van der Waals surface area contributed by atoms with Crippen molar-refractivity contribution in [2.75, 3.05) is 10.2 Å². The lowest BCUT2D eigenvalue weighted by atomic mass is 9.63. The number of fused-ring (bicyclic) bond motifs is 3. The van der Waals surface area contributed by atoms with Crippen LogP contribution in [-0.2, 0) is 15.0 Å². The van der Waals surface area contributed by atoms with Gasteiger partial charge in [0.25, 0.3) is 0 Å². The first kappa shape index (κ1) is 19.1. The molecule has 6 nitrogen and oxygen atoms in total. The number of amides is 1. The number of carbonyl (C=O) groups excluding carboxylic acids is 2. The summed E-state index contributed by atoms with van der Waals surface area (Å²) < 4.78 is 0. The summed E-state index contributed by atoms with van der Waals surface area (Å²) in [7, 11) is 0. The van der Waals surface area contributed by atoms with Crippen LogP contribution in [0.5, 0.6) is 0 Å². The zero-order valence-corrected chi connectivity index (χ0v) is 17.5. The molecule has 0 unspecified atom stereocenters. The van der Waals surface area contributed by atoms with E-state index >= 15 is 0 Å². The number of hydrogen-bond donors (Lipinski definition) is 2. The van der Waals surface area contributed by atoms with E-state index in [0.29, 0.717) is 41.8 Å². The topological polar surface area (TPSA) is 99.2 Å². The van der Waals surface area contributed by atoms with Gasteiger partial charge in [0.05, 0.1) is 11.3 Å². The van der Waals surface area contributed by atoms with Crippen molar-refractivity contribution in [3.05, 3.63) is 81.8 Å². The third-order valence-corrected chi connectivity index (χ3v) is 6.54. The quantitative estimate of drug-likeness (QED) is 0.747. The Hall–Kier alpha value is -3.85. The molecule has 2 aromatic carbocycles. The fraction of sp³-hybridized carbons (Fsp3) is 0.240. The van der Waals surface area contributed by atoms with Crippen molar-refractivity contribution >= 4 is 23.1 Å². The molecule has 0 saturated carbocycles. The number of aryl methyl sites for hydroxylation is 2. The van der Waals surface area contributed by atoms with Gasteiger partial charge < -0.3 is 11.1 Å². The second-order valence-electron chi connectivity index (χ2n) is 8.35. The van der Waals surface area contributed by atoms with E-state index in [0.717, 1.165) is 16.8 Å². The molecule has 0 radical (unpaired) electrons. The summed E-state index contributed by atoms with van der Waals surface area (Å²) in [5, 5.41) is 13.2. The number of nitriles is 1. The minimum atomic E-state index is -1.51. The van der Waals surface area contributed by atoms with Crippen LogP contribution in [0.3, 0.4) is 0 Å². The van der Waals surface area contributed by atoms with E-state index in [1.807, 2.05) is 61.2 Å². The van der Waals surface area contributed by atoms with Gasteiger partial charge in [-0.2, -0.15) is 5.26 Å². The van der Waals surface area contributed by atoms with Gasteiger partial charge in [-0.3, -0.25) is 14.5 Å². The van der Waals surface area contributed by atoms with E-state index < -0.39 is 5.41 Å². The van der Waals surface area contributed by atoms with Crippen LogP contribution in [0, 0.1) is 25.2 Å². The SMILES string of the molecule is Cc1ccc2c(c1)[C@]1(C(=O)N2)C(C#N)=C(N)N(c2ccccc2C)C2=C1C(=O)CCC2. The number of Topliss-reactive ketones (excluding diaryl/α,β-unsaturated/α-hetero) is 1. The minimum absolute atomic E-state index is 0.103. The molecule has 154 valence electrons. The summed E-state index contributed by atoms with van der Waals surface area (Å²) in [5.41, 5.74) is 10.3. The van der Waals surface area contributed by atoms with Crippen molar-refractivity contribution in [3.63, 3.8) is 0 Å². The lowest BCUT2D eigenvalue weighted by molar-refractivity contribution is -0.122. The predicted molar refractivity (Wildman–Crippen MR) is 118 cm³/mol. The Morgan fingerprint density at radius 2 is 1.90 bits per heavy atom. The Morgan fingerprint density at radius 1 is 1.13 bits per heavy atom. The van der Waals surface area contributed by atoms with Gasteiger partial charge in [0, 0.05) is 28.9 Å². The first-order chi connectivity index (χ1) is 14.9. The lowest BCUT2D eigenvalue weighted by Gasteiger charge is -2.44. The molecule has 0 saturated heterocycles. The van der Waals surface area contributed by atoms with E-state index in [-0.39, 0.29) is 23.1 Å². The summed E-state index contributed by atoms with van der Waals surface area (Å²) in [6.07, 6.45) is 1.62. The molecule has 5 rings (SSSR count). The number of anilines is 2. The summed E-state index contributed by atoms with van der Waals surface area (Å²) in [4.78, 5) is 28.8. The summed E-state index contributed by atoms with van der Waals surface area (Å²) >= 11 is 0. The molecule has 0 aromatic heterocycles. The average molecular weight is 410 g/mol. The normalized spacial score (nSPS) is 22.4. The first-order valence-corrected chi connectivity index (χ1v) is 10.4. The summed E-state index contributed by atoms with van der Waals surface area (Å²) in [6.45, 7) is 3.89. The molecular weight excluding hydrogens is 388 g/mol. The number of allylic oxidation sites excluding steroid dienone is 1. The highest BCUT2D eigenvalue weighted by molar-refractivity contribution is 6.19. The number of nitrogens with two attached hydrogens (primary N) is 1. The average Bonchev–Trinajstić information content (AvgIpc) is 3.01. The van der Waals surface area contributed by atoms with Gasteiger partial charge in [0.2, 0.25) is 5.91 Å². The van der Waals surface area contributed by atoms with E-state index in [9.17, 15) is 14.9 Å². The number of para-hydroxylation sites is 1. The van der Waals surface area contributed by atoms with E-state index in [1.165, 1.54) is 0 Å². The molecule has 1 amide bonds. The van der Waals surface area contributed by atoms with Crippen molar-refractivity contribution in [3.8, 4) is 6.07 Å². The smallest absolute Gasteiger partial charge is 0.245 e. The molecule has 1 atom stereocenters. The fourth-order valence-corrected chi connectivity index (χ4v) is 5.19. The van der Waals surface area contributed by atoms with E-state index in [1.54, 1.807) is 0 Å². The highest BCUT2D eigenvalue weighted by Gasteiger charge is 2.60. The maximum absolute atomic E-state index is 13.6. The van der Waals surface area contributed by atoms with Crippen LogP contribution in [0.2, 0.25) is 0 Å². The molecule has 0 fully saturated rings. The Morgan fingerprint density at radius 3 is 2.65 bits per heavy atom. The Kier molecular flexibility index (Phi) is 4.06. The van der Waals surface area contributed by atoms with Crippen molar-refractivity contribution in [2.45, 2.75) is 38.5 Å². The van der Waals surface area contributed by atoms with E-state index in [2.05, 4.69) is 11.4 Å². The number of nitrogens with one attached hydrogen (secondary N) is 1. The van der Waals surface area contributed by atoms with Gasteiger partial charge >= 0.3 is 0 Å². The molecular formula is C25H22N4O2. The third-order valence-electron chi connectivity index (χ3n) is 6.54. The van der Waals surface area contributed by atoms with Crippen LogP contribution < -0.4 is 16.0 Å². The standard InChI is InChI=1S/C25H22N4O2/c1-14-10-11-18-16(12-14)25(24(31)28-18)17(13-26)23(27)29(19-7-4-3-6-15(19)2)20-8-5-9-21(30)22(20)25/h3-4,6-7,10-12H,5,8-9,27H2,1-2H3,(H,28,31)/t25-/m0/s1. The number of benzene rings is 2. The number of hydrogen-bond acceptors (Lipinski definition) is 5. The van der Waals surface area contributed by atoms with Crippen LogP contribution in [-0.4, -0.2) is 11.7 Å². The molecule has 3 aliphatic rings. The van der Waals surface area contributed by atoms with Gasteiger partial charge in [-0.25, -0.2) is 0 Å². The molecule has 1 aliphatic carbocycles. The number of rotatable bonds is 1. The molecule has 2 aromatic rings. The molecule has 0 bridgehead atoms. The van der Waals surface area contributed by atoms with Gasteiger partial charge in [0.15, 0.2) is 5.78 Å². The van der Waals surface area contributed by atoms with Crippen molar-refractivity contribution < 1.29 is 9.59 Å². The molecule has 6 heteroatoms. The van der Waals surface area contributed by atoms with Crippen LogP contribution in [0.25, 0.3) is 0 Å². The molecule has 31 heavy (non-hydrogen) atoms. The van der Waals surface area contributed by atoms with Crippen LogP contribution in [0.15, 0.2) is 65.1 Å². The monoisotopic (exact) mass is 410 g/mol. The largest absolute Gasteiger partial charge is 0.384 e. The highest BCUT2D eigenvalue weighted by Crippen LogP contribution is 2.55. The highest BCUT2D eigenvalue weighted by atomic mass is 16.2. The van der Waals surface area contributed by atoms with Gasteiger partial charge in [-0.05, 0) is 44.4 Å². The van der Waals surface area contributed by atoms with Crippen LogP contribution in [0.4, 0.5) is 11.4 Å². The van der Waals surface area contributed by atoms with Crippen molar-refractivity contribution in [2.24, 2.45) is 5.73 Å². The number of ketones is 1. The number of carbonyl (C=O) groups is 2. The van der Waals surface area contributed by atoms with Crippen LogP contribution >= 0.6 is 0 Å². The molecule has 2 aliphatic heterocycles. The maximum atomic E-state index is 13.6. The Balaban J connectivity index is 1.91. The Bertz CT molecular complexity index is 1280. The van der Waals surface area contributed by atoms with Gasteiger partial charge in [-0.15, -0.1) is 0 Å². The molecule has 3 N–H and O–H groups in total. The predicted octanol–water partition coefficient (Wildman–Crippen LogP) is 3.71. The van der Waals surface area contributed by atoms with Crippen LogP contribution in [0.1, 0.15) is 36.0 Å². The first-order valence-electron chi connectivity index (χ1n) is 10.4. The second kappa shape index (κ2) is 6.58. The van der Waals surface area contributed by atoms with Gasteiger partial charge in [0.1, 0.15) is 17.3 Å². The fourth-order valence-electron chi connectivity index (χ4n) is 5.19. The van der Waals surface area contributed by atoms with Crippen molar-refractivity contribution in [1.29, 1.82) is 5.26 Å². The molecule has 2 heterocycles. The molecule has 1 spiro atoms.